The highest BCUT2D eigenvalue weighted by Gasteiger charge is 2.30. The summed E-state index contributed by atoms with van der Waals surface area (Å²) in [5.41, 5.74) is 2.93. The summed E-state index contributed by atoms with van der Waals surface area (Å²) in [6.45, 7) is 5.94. The standard InChI is InChI=1S/C14H16N6/c1-10-7-14(20-13(16-10)6-11(2)17-20)18-8-12(9-18)19-5-3-4-15-19/h3-7,12H,8-9H2,1-2H3. The van der Waals surface area contributed by atoms with E-state index in [0.717, 1.165) is 35.9 Å². The van der Waals surface area contributed by atoms with Gasteiger partial charge >= 0.3 is 0 Å². The Morgan fingerprint density at radius 2 is 2.00 bits per heavy atom. The first-order chi connectivity index (χ1) is 9.70. The van der Waals surface area contributed by atoms with E-state index in [1.807, 2.05) is 47.6 Å². The van der Waals surface area contributed by atoms with Crippen LogP contribution < -0.4 is 4.90 Å². The van der Waals surface area contributed by atoms with E-state index in [1.165, 1.54) is 0 Å². The third-order valence-corrected chi connectivity index (χ3v) is 3.74. The highest BCUT2D eigenvalue weighted by molar-refractivity contribution is 5.53. The number of aromatic nitrogens is 5. The van der Waals surface area contributed by atoms with Crippen LogP contribution in [-0.4, -0.2) is 37.5 Å². The van der Waals surface area contributed by atoms with Gasteiger partial charge in [0.05, 0.1) is 11.7 Å². The van der Waals surface area contributed by atoms with E-state index in [0.29, 0.717) is 6.04 Å². The molecule has 0 saturated carbocycles. The van der Waals surface area contributed by atoms with Crippen molar-refractivity contribution >= 4 is 11.5 Å². The van der Waals surface area contributed by atoms with Crippen LogP contribution in [0.4, 0.5) is 5.82 Å². The van der Waals surface area contributed by atoms with E-state index >= 15 is 0 Å². The van der Waals surface area contributed by atoms with E-state index in [2.05, 4.69) is 26.1 Å². The first-order valence-electron chi connectivity index (χ1n) is 6.79. The third kappa shape index (κ3) is 1.68. The van der Waals surface area contributed by atoms with Crippen LogP contribution in [-0.2, 0) is 0 Å². The molecule has 0 spiro atoms. The van der Waals surface area contributed by atoms with Crippen molar-refractivity contribution in [3.8, 4) is 0 Å². The number of fused-ring (bicyclic) bond motifs is 1. The fourth-order valence-corrected chi connectivity index (χ4v) is 2.73. The van der Waals surface area contributed by atoms with Crippen molar-refractivity contribution in [3.63, 3.8) is 0 Å². The van der Waals surface area contributed by atoms with Gasteiger partial charge in [0.15, 0.2) is 5.65 Å². The molecule has 0 aromatic carbocycles. The highest BCUT2D eigenvalue weighted by atomic mass is 15.4. The van der Waals surface area contributed by atoms with Gasteiger partial charge < -0.3 is 4.90 Å². The molecule has 1 aliphatic heterocycles. The molecule has 102 valence electrons. The fraction of sp³-hybridized carbons (Fsp3) is 0.357. The minimum absolute atomic E-state index is 0.449. The van der Waals surface area contributed by atoms with E-state index in [9.17, 15) is 0 Å². The first kappa shape index (κ1) is 11.5. The zero-order chi connectivity index (χ0) is 13.7. The fourth-order valence-electron chi connectivity index (χ4n) is 2.73. The molecular formula is C14H16N6. The molecule has 4 rings (SSSR count). The number of aryl methyl sites for hydroxylation is 2. The molecule has 0 unspecified atom stereocenters. The second-order valence-corrected chi connectivity index (χ2v) is 5.36. The maximum Gasteiger partial charge on any atom is 0.157 e. The van der Waals surface area contributed by atoms with Gasteiger partial charge in [-0.3, -0.25) is 4.68 Å². The maximum absolute atomic E-state index is 4.53. The summed E-state index contributed by atoms with van der Waals surface area (Å²) < 4.78 is 3.96. The first-order valence-corrected chi connectivity index (χ1v) is 6.79. The lowest BCUT2D eigenvalue weighted by Crippen LogP contribution is -2.48. The van der Waals surface area contributed by atoms with Crippen LogP contribution in [0.25, 0.3) is 5.65 Å². The van der Waals surface area contributed by atoms with Gasteiger partial charge in [-0.05, 0) is 19.9 Å². The number of nitrogens with zero attached hydrogens (tertiary/aromatic N) is 6. The number of anilines is 1. The van der Waals surface area contributed by atoms with Crippen LogP contribution in [0, 0.1) is 13.8 Å². The molecule has 20 heavy (non-hydrogen) atoms. The van der Waals surface area contributed by atoms with Crippen LogP contribution in [0.15, 0.2) is 30.6 Å². The molecule has 1 fully saturated rings. The Balaban J connectivity index is 1.67. The normalized spacial score (nSPS) is 15.8. The van der Waals surface area contributed by atoms with Crippen molar-refractivity contribution in [1.82, 2.24) is 24.4 Å². The predicted molar refractivity (Wildman–Crippen MR) is 75.9 cm³/mol. The third-order valence-electron chi connectivity index (χ3n) is 3.74. The largest absolute Gasteiger partial charge is 0.352 e. The Morgan fingerprint density at radius 3 is 2.75 bits per heavy atom. The molecule has 3 aromatic heterocycles. The van der Waals surface area contributed by atoms with Gasteiger partial charge in [0.2, 0.25) is 0 Å². The molecule has 0 aliphatic carbocycles. The molecule has 3 aromatic rings. The van der Waals surface area contributed by atoms with E-state index < -0.39 is 0 Å². The molecule has 0 atom stereocenters. The Labute approximate surface area is 116 Å². The smallest absolute Gasteiger partial charge is 0.157 e. The van der Waals surface area contributed by atoms with Crippen molar-refractivity contribution in [1.29, 1.82) is 0 Å². The molecule has 0 bridgehead atoms. The summed E-state index contributed by atoms with van der Waals surface area (Å²) in [5.74, 6) is 1.11. The minimum atomic E-state index is 0.449. The predicted octanol–water partition coefficient (Wildman–Crippen LogP) is 1.60. The lowest BCUT2D eigenvalue weighted by Gasteiger charge is -2.40. The SMILES string of the molecule is Cc1cc(N2CC(n3cccn3)C2)n2nc(C)cc2n1. The topological polar surface area (TPSA) is 51.2 Å². The molecule has 6 nitrogen and oxygen atoms in total. The molecule has 4 heterocycles. The summed E-state index contributed by atoms with van der Waals surface area (Å²) in [7, 11) is 0. The van der Waals surface area contributed by atoms with Crippen LogP contribution in [0.1, 0.15) is 17.4 Å². The zero-order valence-corrected chi connectivity index (χ0v) is 11.6. The zero-order valence-electron chi connectivity index (χ0n) is 11.6. The summed E-state index contributed by atoms with van der Waals surface area (Å²) in [4.78, 5) is 6.84. The van der Waals surface area contributed by atoms with Crippen molar-refractivity contribution in [2.24, 2.45) is 0 Å². The van der Waals surface area contributed by atoms with Crippen molar-refractivity contribution in [2.45, 2.75) is 19.9 Å². The number of rotatable bonds is 2. The molecule has 0 N–H and O–H groups in total. The molecule has 0 amide bonds. The van der Waals surface area contributed by atoms with Gasteiger partial charge in [-0.1, -0.05) is 0 Å². The lowest BCUT2D eigenvalue weighted by molar-refractivity contribution is 0.364. The summed E-state index contributed by atoms with van der Waals surface area (Å²) >= 11 is 0. The van der Waals surface area contributed by atoms with Crippen LogP contribution >= 0.6 is 0 Å². The van der Waals surface area contributed by atoms with Crippen molar-refractivity contribution in [2.75, 3.05) is 18.0 Å². The monoisotopic (exact) mass is 268 g/mol. The van der Waals surface area contributed by atoms with Gasteiger partial charge in [0.25, 0.3) is 0 Å². The molecule has 1 aliphatic rings. The Kier molecular flexibility index (Phi) is 2.33. The average molecular weight is 268 g/mol. The molecule has 1 saturated heterocycles. The van der Waals surface area contributed by atoms with Gasteiger partial charge in [-0.15, -0.1) is 0 Å². The summed E-state index contributed by atoms with van der Waals surface area (Å²) in [5, 5.41) is 8.84. The van der Waals surface area contributed by atoms with E-state index in [-0.39, 0.29) is 0 Å². The molecular weight excluding hydrogens is 252 g/mol. The van der Waals surface area contributed by atoms with E-state index in [4.69, 9.17) is 0 Å². The van der Waals surface area contributed by atoms with Gasteiger partial charge in [0, 0.05) is 43.3 Å². The second-order valence-electron chi connectivity index (χ2n) is 5.36. The maximum atomic E-state index is 4.53. The van der Waals surface area contributed by atoms with Gasteiger partial charge in [0.1, 0.15) is 5.82 Å². The van der Waals surface area contributed by atoms with Crippen LogP contribution in [0.5, 0.6) is 0 Å². The average Bonchev–Trinajstić information content (AvgIpc) is 2.95. The highest BCUT2D eigenvalue weighted by Crippen LogP contribution is 2.28. The lowest BCUT2D eigenvalue weighted by atomic mass is 10.1. The summed E-state index contributed by atoms with van der Waals surface area (Å²) in [6.07, 6.45) is 3.85. The quantitative estimate of drug-likeness (QED) is 0.708. The Hall–Kier alpha value is -2.37. The van der Waals surface area contributed by atoms with Gasteiger partial charge in [-0.25, -0.2) is 4.98 Å². The summed E-state index contributed by atoms with van der Waals surface area (Å²) in [6, 6.07) is 6.53. The second kappa shape index (κ2) is 4.06. The Morgan fingerprint density at radius 1 is 1.15 bits per heavy atom. The van der Waals surface area contributed by atoms with Gasteiger partial charge in [-0.2, -0.15) is 14.7 Å². The number of hydrogen-bond donors (Lipinski definition) is 0. The molecule has 0 radical (unpaired) electrons. The van der Waals surface area contributed by atoms with Crippen molar-refractivity contribution in [3.05, 3.63) is 42.0 Å². The van der Waals surface area contributed by atoms with Crippen LogP contribution in [0.3, 0.4) is 0 Å². The number of hydrogen-bond acceptors (Lipinski definition) is 4. The van der Waals surface area contributed by atoms with E-state index in [1.54, 1.807) is 0 Å². The minimum Gasteiger partial charge on any atom is -0.352 e. The Bertz CT molecular complexity index is 751. The van der Waals surface area contributed by atoms with Crippen molar-refractivity contribution < 1.29 is 0 Å². The van der Waals surface area contributed by atoms with Crippen LogP contribution in [0.2, 0.25) is 0 Å². The molecule has 6 heteroatoms.